The molecule has 126 valence electrons. The zero-order chi connectivity index (χ0) is 16.7. The molecule has 2 aliphatic rings. The maximum absolute atomic E-state index is 12.0. The Morgan fingerprint density at radius 1 is 1.04 bits per heavy atom. The van der Waals surface area contributed by atoms with E-state index in [0.29, 0.717) is 17.3 Å². The van der Waals surface area contributed by atoms with Gasteiger partial charge in [0.1, 0.15) is 11.4 Å². The zero-order valence-corrected chi connectivity index (χ0v) is 14.2. The molecule has 1 heterocycles. The number of nitrogens with one attached hydrogen (secondary N) is 1. The van der Waals surface area contributed by atoms with Crippen LogP contribution in [0, 0.1) is 5.92 Å². The molecule has 2 fully saturated rings. The van der Waals surface area contributed by atoms with Gasteiger partial charge >= 0.3 is 0 Å². The average Bonchev–Trinajstić information content (AvgIpc) is 3.42. The van der Waals surface area contributed by atoms with E-state index in [1.807, 2.05) is 29.2 Å². The highest BCUT2D eigenvalue weighted by Crippen LogP contribution is 2.30. The standard InChI is InChI=1S/C18H20ClN3O2/c19-13-2-1-3-14(10-13)21-6-8-22(9-7-21)16-15(17(23)18(16)24)20-11-12-4-5-12/h1-3,10,12,20H,4-9,11H2. The van der Waals surface area contributed by atoms with Crippen molar-refractivity contribution in [2.75, 3.05) is 47.8 Å². The highest BCUT2D eigenvalue weighted by molar-refractivity contribution is 6.30. The number of hydrogen-bond acceptors (Lipinski definition) is 5. The number of rotatable bonds is 5. The SMILES string of the molecule is O=c1c(NCC2CC2)c(N2CCN(c3cccc(Cl)c3)CC2)c1=O. The fraction of sp³-hybridized carbons (Fsp3) is 0.444. The van der Waals surface area contributed by atoms with Crippen molar-refractivity contribution in [2.24, 2.45) is 5.92 Å². The molecule has 1 saturated heterocycles. The molecule has 0 atom stereocenters. The summed E-state index contributed by atoms with van der Waals surface area (Å²) in [5.74, 6) is 0.668. The monoisotopic (exact) mass is 345 g/mol. The van der Waals surface area contributed by atoms with Gasteiger partial charge in [-0.25, -0.2) is 0 Å². The first-order chi connectivity index (χ1) is 11.6. The fourth-order valence-electron chi connectivity index (χ4n) is 3.27. The summed E-state index contributed by atoms with van der Waals surface area (Å²) in [6, 6.07) is 7.81. The van der Waals surface area contributed by atoms with Crippen molar-refractivity contribution in [2.45, 2.75) is 12.8 Å². The molecule has 0 unspecified atom stereocenters. The molecule has 5 nitrogen and oxygen atoms in total. The molecule has 4 rings (SSSR count). The van der Waals surface area contributed by atoms with Gasteiger partial charge < -0.3 is 15.1 Å². The molecule has 0 amide bonds. The number of benzene rings is 1. The van der Waals surface area contributed by atoms with Crippen LogP contribution in [0.15, 0.2) is 33.9 Å². The molecule has 6 heteroatoms. The van der Waals surface area contributed by atoms with Crippen LogP contribution in [0.4, 0.5) is 17.1 Å². The third-order valence-electron chi connectivity index (χ3n) is 4.92. The predicted molar refractivity (Wildman–Crippen MR) is 98.4 cm³/mol. The maximum atomic E-state index is 12.0. The van der Waals surface area contributed by atoms with Crippen LogP contribution in [0.25, 0.3) is 0 Å². The van der Waals surface area contributed by atoms with Gasteiger partial charge in [-0.15, -0.1) is 0 Å². The molecule has 1 N–H and O–H groups in total. The lowest BCUT2D eigenvalue weighted by molar-refractivity contribution is 0.650. The quantitative estimate of drug-likeness (QED) is 0.841. The normalized spacial score (nSPS) is 18.2. The molecule has 1 aliphatic carbocycles. The summed E-state index contributed by atoms with van der Waals surface area (Å²) in [7, 11) is 0. The minimum Gasteiger partial charge on any atom is -0.380 e. The van der Waals surface area contributed by atoms with Gasteiger partial charge in [-0.2, -0.15) is 0 Å². The van der Waals surface area contributed by atoms with E-state index in [4.69, 9.17) is 11.6 Å². The summed E-state index contributed by atoms with van der Waals surface area (Å²) in [6.45, 7) is 3.88. The molecule has 0 bridgehead atoms. The average molecular weight is 346 g/mol. The van der Waals surface area contributed by atoms with Crippen molar-refractivity contribution in [1.29, 1.82) is 0 Å². The van der Waals surface area contributed by atoms with E-state index in [-0.39, 0.29) is 10.9 Å². The molecule has 2 aromatic carbocycles. The second-order valence-corrected chi connectivity index (χ2v) is 7.10. The summed E-state index contributed by atoms with van der Waals surface area (Å²) >= 11 is 6.06. The summed E-state index contributed by atoms with van der Waals surface area (Å²) in [4.78, 5) is 28.2. The highest BCUT2D eigenvalue weighted by atomic mass is 35.5. The summed E-state index contributed by atoms with van der Waals surface area (Å²) in [6.07, 6.45) is 2.44. The van der Waals surface area contributed by atoms with Gasteiger partial charge in [0.25, 0.3) is 10.9 Å². The van der Waals surface area contributed by atoms with E-state index in [2.05, 4.69) is 10.2 Å². The predicted octanol–water partition coefficient (Wildman–Crippen LogP) is 2.08. The van der Waals surface area contributed by atoms with Crippen LogP contribution in [-0.2, 0) is 0 Å². The van der Waals surface area contributed by atoms with Gasteiger partial charge in [0.05, 0.1) is 0 Å². The number of hydrogen-bond donors (Lipinski definition) is 1. The smallest absolute Gasteiger partial charge is 0.253 e. The second kappa shape index (κ2) is 6.13. The van der Waals surface area contributed by atoms with E-state index in [0.717, 1.165) is 43.4 Å². The van der Waals surface area contributed by atoms with E-state index >= 15 is 0 Å². The number of halogens is 1. The van der Waals surface area contributed by atoms with Crippen LogP contribution in [0.5, 0.6) is 0 Å². The van der Waals surface area contributed by atoms with Crippen LogP contribution in [0.2, 0.25) is 5.02 Å². The van der Waals surface area contributed by atoms with E-state index < -0.39 is 0 Å². The summed E-state index contributed by atoms with van der Waals surface area (Å²) < 4.78 is 0. The van der Waals surface area contributed by atoms with Crippen LogP contribution < -0.4 is 26.0 Å². The second-order valence-electron chi connectivity index (χ2n) is 6.66. The lowest BCUT2D eigenvalue weighted by atomic mass is 10.1. The summed E-state index contributed by atoms with van der Waals surface area (Å²) in [5.41, 5.74) is 1.51. The van der Waals surface area contributed by atoms with Crippen molar-refractivity contribution in [1.82, 2.24) is 0 Å². The summed E-state index contributed by atoms with van der Waals surface area (Å²) in [5, 5.41) is 3.92. The van der Waals surface area contributed by atoms with E-state index in [1.165, 1.54) is 12.8 Å². The Hall–Kier alpha value is -2.01. The largest absolute Gasteiger partial charge is 0.380 e. The third-order valence-corrected chi connectivity index (χ3v) is 5.15. The molecular weight excluding hydrogens is 326 g/mol. The van der Waals surface area contributed by atoms with Gasteiger partial charge in [0, 0.05) is 43.4 Å². The van der Waals surface area contributed by atoms with Gasteiger partial charge in [0.2, 0.25) is 0 Å². The van der Waals surface area contributed by atoms with Crippen molar-refractivity contribution >= 4 is 28.7 Å². The zero-order valence-electron chi connectivity index (χ0n) is 13.4. The fourth-order valence-corrected chi connectivity index (χ4v) is 3.46. The van der Waals surface area contributed by atoms with Gasteiger partial charge in [-0.05, 0) is 37.0 Å². The Kier molecular flexibility index (Phi) is 3.96. The molecule has 1 saturated carbocycles. The van der Waals surface area contributed by atoms with Gasteiger partial charge in [-0.1, -0.05) is 17.7 Å². The molecule has 0 aromatic heterocycles. The Labute approximate surface area is 145 Å². The van der Waals surface area contributed by atoms with Gasteiger partial charge in [-0.3, -0.25) is 9.59 Å². The molecule has 0 radical (unpaired) electrons. The number of anilines is 3. The third kappa shape index (κ3) is 2.88. The lowest BCUT2D eigenvalue weighted by Crippen LogP contribution is -2.51. The minimum absolute atomic E-state index is 0.343. The first-order valence-electron chi connectivity index (χ1n) is 8.46. The Morgan fingerprint density at radius 2 is 1.75 bits per heavy atom. The highest BCUT2D eigenvalue weighted by Gasteiger charge is 2.30. The maximum Gasteiger partial charge on any atom is 0.253 e. The van der Waals surface area contributed by atoms with Crippen LogP contribution >= 0.6 is 11.6 Å². The topological polar surface area (TPSA) is 52.7 Å². The Balaban J connectivity index is 1.43. The lowest BCUT2D eigenvalue weighted by Gasteiger charge is -2.38. The number of piperazine rings is 1. The van der Waals surface area contributed by atoms with E-state index in [9.17, 15) is 9.59 Å². The Bertz CT molecular complexity index is 816. The van der Waals surface area contributed by atoms with Crippen molar-refractivity contribution in [3.63, 3.8) is 0 Å². The first kappa shape index (κ1) is 15.5. The molecular formula is C18H20ClN3O2. The first-order valence-corrected chi connectivity index (χ1v) is 8.84. The van der Waals surface area contributed by atoms with E-state index in [1.54, 1.807) is 0 Å². The molecule has 2 aromatic rings. The Morgan fingerprint density at radius 3 is 2.42 bits per heavy atom. The van der Waals surface area contributed by atoms with Gasteiger partial charge in [0.15, 0.2) is 0 Å². The van der Waals surface area contributed by atoms with Crippen LogP contribution in [0.1, 0.15) is 12.8 Å². The molecule has 24 heavy (non-hydrogen) atoms. The minimum atomic E-state index is -0.358. The molecule has 1 aliphatic heterocycles. The van der Waals surface area contributed by atoms with Crippen LogP contribution in [0.3, 0.4) is 0 Å². The van der Waals surface area contributed by atoms with Crippen molar-refractivity contribution in [3.05, 3.63) is 49.7 Å². The van der Waals surface area contributed by atoms with Crippen molar-refractivity contribution < 1.29 is 0 Å². The van der Waals surface area contributed by atoms with Crippen molar-refractivity contribution in [3.8, 4) is 0 Å². The molecule has 0 spiro atoms. The number of nitrogens with zero attached hydrogens (tertiary/aromatic N) is 2. The van der Waals surface area contributed by atoms with Crippen LogP contribution in [-0.4, -0.2) is 32.7 Å².